The predicted molar refractivity (Wildman–Crippen MR) is 65.7 cm³/mol. The fourth-order valence-electron chi connectivity index (χ4n) is 2.12. The monoisotopic (exact) mass is 243 g/mol. The van der Waals surface area contributed by atoms with Gasteiger partial charge >= 0.3 is 0 Å². The summed E-state index contributed by atoms with van der Waals surface area (Å²) in [5, 5.41) is 5.07. The number of halogens is 2. The van der Waals surface area contributed by atoms with Crippen LogP contribution in [0.5, 0.6) is 0 Å². The fraction of sp³-hybridized carbons (Fsp3) is 0.500. The van der Waals surface area contributed by atoms with Crippen molar-refractivity contribution in [3.05, 3.63) is 33.8 Å². The van der Waals surface area contributed by atoms with E-state index >= 15 is 0 Å². The summed E-state index contributed by atoms with van der Waals surface area (Å²) in [7, 11) is 0. The number of hydrogen-bond donors (Lipinski definition) is 1. The smallest absolute Gasteiger partial charge is 0.0468 e. The van der Waals surface area contributed by atoms with E-state index in [2.05, 4.69) is 5.32 Å². The first-order chi connectivity index (χ1) is 7.29. The molecule has 15 heavy (non-hydrogen) atoms. The highest BCUT2D eigenvalue weighted by molar-refractivity contribution is 6.36. The van der Waals surface area contributed by atoms with Crippen molar-refractivity contribution in [2.75, 3.05) is 6.54 Å². The highest BCUT2D eigenvalue weighted by Crippen LogP contribution is 2.33. The molecule has 0 aliphatic carbocycles. The maximum atomic E-state index is 6.19. The topological polar surface area (TPSA) is 12.0 Å². The lowest BCUT2D eigenvalue weighted by atomic mass is 10.0. The molecule has 1 aliphatic rings. The van der Waals surface area contributed by atoms with Gasteiger partial charge in [0.05, 0.1) is 0 Å². The Labute approximate surface area is 101 Å². The van der Waals surface area contributed by atoms with E-state index < -0.39 is 0 Å². The Balaban J connectivity index is 2.26. The molecule has 0 radical (unpaired) electrons. The Hall–Kier alpha value is -0.240. The van der Waals surface area contributed by atoms with Gasteiger partial charge in [0.2, 0.25) is 0 Å². The maximum absolute atomic E-state index is 6.19. The molecule has 0 bridgehead atoms. The van der Waals surface area contributed by atoms with Gasteiger partial charge in [-0.25, -0.2) is 0 Å². The van der Waals surface area contributed by atoms with Gasteiger partial charge in [-0.2, -0.15) is 0 Å². The molecule has 1 unspecified atom stereocenters. The minimum absolute atomic E-state index is 0.327. The number of nitrogens with one attached hydrogen (secondary N) is 1. The van der Waals surface area contributed by atoms with Crippen molar-refractivity contribution in [3.63, 3.8) is 0 Å². The third kappa shape index (κ3) is 2.66. The molecule has 1 fully saturated rings. The standard InChI is InChI=1S/C12H15Cl2N/c13-9-5-4-6-10(14)12(9)11-7-2-1-3-8-15-11/h4-6,11,15H,1-3,7-8H2. The zero-order chi connectivity index (χ0) is 10.7. The summed E-state index contributed by atoms with van der Waals surface area (Å²) in [6, 6.07) is 6.05. The van der Waals surface area contributed by atoms with E-state index in [1.165, 1.54) is 19.3 Å². The average molecular weight is 244 g/mol. The minimum Gasteiger partial charge on any atom is -0.310 e. The molecular weight excluding hydrogens is 229 g/mol. The molecule has 1 N–H and O–H groups in total. The van der Waals surface area contributed by atoms with E-state index in [1.54, 1.807) is 0 Å². The van der Waals surface area contributed by atoms with Crippen molar-refractivity contribution in [2.45, 2.75) is 31.7 Å². The Morgan fingerprint density at radius 1 is 1.07 bits per heavy atom. The van der Waals surface area contributed by atoms with Crippen molar-refractivity contribution in [1.82, 2.24) is 5.32 Å². The molecule has 0 aromatic heterocycles. The zero-order valence-corrected chi connectivity index (χ0v) is 10.1. The first-order valence-electron chi connectivity index (χ1n) is 5.46. The van der Waals surface area contributed by atoms with Crippen LogP contribution in [0.3, 0.4) is 0 Å². The number of benzene rings is 1. The molecule has 1 nitrogen and oxygen atoms in total. The Morgan fingerprint density at radius 2 is 1.80 bits per heavy atom. The summed E-state index contributed by atoms with van der Waals surface area (Å²) >= 11 is 12.4. The minimum atomic E-state index is 0.327. The third-order valence-corrected chi connectivity index (χ3v) is 3.57. The van der Waals surface area contributed by atoms with Gasteiger partial charge in [0.15, 0.2) is 0 Å². The molecule has 1 atom stereocenters. The largest absolute Gasteiger partial charge is 0.310 e. The highest BCUT2D eigenvalue weighted by Gasteiger charge is 2.18. The number of hydrogen-bond acceptors (Lipinski definition) is 1. The second-order valence-corrected chi connectivity index (χ2v) is 4.81. The highest BCUT2D eigenvalue weighted by atomic mass is 35.5. The van der Waals surface area contributed by atoms with Crippen LogP contribution in [-0.2, 0) is 0 Å². The van der Waals surface area contributed by atoms with Gasteiger partial charge in [-0.15, -0.1) is 0 Å². The summed E-state index contributed by atoms with van der Waals surface area (Å²) in [4.78, 5) is 0. The van der Waals surface area contributed by atoms with Gasteiger partial charge in [-0.05, 0) is 31.5 Å². The van der Waals surface area contributed by atoms with E-state index in [0.29, 0.717) is 6.04 Å². The Morgan fingerprint density at radius 3 is 2.53 bits per heavy atom. The first kappa shape index (κ1) is 11.3. The molecule has 1 aromatic rings. The van der Waals surface area contributed by atoms with Gasteiger partial charge in [0.1, 0.15) is 0 Å². The Bertz CT molecular complexity index is 310. The molecule has 1 aromatic carbocycles. The van der Waals surface area contributed by atoms with Crippen LogP contribution in [0.4, 0.5) is 0 Å². The van der Waals surface area contributed by atoms with Crippen molar-refractivity contribution in [1.29, 1.82) is 0 Å². The van der Waals surface area contributed by atoms with Crippen LogP contribution in [-0.4, -0.2) is 6.54 Å². The van der Waals surface area contributed by atoms with Crippen LogP contribution >= 0.6 is 23.2 Å². The van der Waals surface area contributed by atoms with Crippen LogP contribution < -0.4 is 5.32 Å². The lowest BCUT2D eigenvalue weighted by molar-refractivity contribution is 0.535. The first-order valence-corrected chi connectivity index (χ1v) is 6.22. The van der Waals surface area contributed by atoms with E-state index in [4.69, 9.17) is 23.2 Å². The van der Waals surface area contributed by atoms with E-state index in [1.807, 2.05) is 18.2 Å². The van der Waals surface area contributed by atoms with Gasteiger partial charge < -0.3 is 5.32 Å². The summed E-state index contributed by atoms with van der Waals surface area (Å²) in [6.07, 6.45) is 4.92. The molecule has 2 rings (SSSR count). The second-order valence-electron chi connectivity index (χ2n) is 3.99. The van der Waals surface area contributed by atoms with E-state index in [0.717, 1.165) is 28.6 Å². The summed E-state index contributed by atoms with van der Waals surface area (Å²) in [6.45, 7) is 1.06. The van der Waals surface area contributed by atoms with Crippen LogP contribution in [0, 0.1) is 0 Å². The van der Waals surface area contributed by atoms with Crippen LogP contribution in [0.25, 0.3) is 0 Å². The van der Waals surface area contributed by atoms with Gasteiger partial charge in [0.25, 0.3) is 0 Å². The van der Waals surface area contributed by atoms with Gasteiger partial charge in [-0.3, -0.25) is 0 Å². The van der Waals surface area contributed by atoms with Crippen molar-refractivity contribution in [2.24, 2.45) is 0 Å². The van der Waals surface area contributed by atoms with Crippen molar-refractivity contribution < 1.29 is 0 Å². The summed E-state index contributed by atoms with van der Waals surface area (Å²) < 4.78 is 0. The third-order valence-electron chi connectivity index (χ3n) is 2.91. The second kappa shape index (κ2) is 5.20. The molecule has 0 saturated carbocycles. The lowest BCUT2D eigenvalue weighted by Crippen LogP contribution is -2.20. The molecular formula is C12H15Cl2N. The quantitative estimate of drug-likeness (QED) is 0.780. The predicted octanol–water partition coefficient (Wildman–Crippen LogP) is 4.20. The SMILES string of the molecule is Clc1cccc(Cl)c1C1CCCCCN1. The molecule has 0 spiro atoms. The van der Waals surface area contributed by atoms with Gasteiger partial charge in [-0.1, -0.05) is 42.1 Å². The molecule has 82 valence electrons. The van der Waals surface area contributed by atoms with Gasteiger partial charge in [0, 0.05) is 21.7 Å². The number of rotatable bonds is 1. The average Bonchev–Trinajstić information content (AvgIpc) is 2.46. The Kier molecular flexibility index (Phi) is 3.90. The lowest BCUT2D eigenvalue weighted by Gasteiger charge is -2.18. The molecule has 0 amide bonds. The van der Waals surface area contributed by atoms with Crippen molar-refractivity contribution in [3.8, 4) is 0 Å². The normalized spacial score (nSPS) is 22.4. The summed E-state index contributed by atoms with van der Waals surface area (Å²) in [5.74, 6) is 0. The molecule has 1 heterocycles. The van der Waals surface area contributed by atoms with Crippen LogP contribution in [0.15, 0.2) is 18.2 Å². The van der Waals surface area contributed by atoms with E-state index in [9.17, 15) is 0 Å². The zero-order valence-electron chi connectivity index (χ0n) is 8.60. The van der Waals surface area contributed by atoms with Crippen molar-refractivity contribution >= 4 is 23.2 Å². The summed E-state index contributed by atoms with van der Waals surface area (Å²) in [5.41, 5.74) is 1.07. The van der Waals surface area contributed by atoms with E-state index in [-0.39, 0.29) is 0 Å². The van der Waals surface area contributed by atoms with Crippen LogP contribution in [0.1, 0.15) is 37.3 Å². The molecule has 1 aliphatic heterocycles. The fourth-order valence-corrected chi connectivity index (χ4v) is 2.78. The maximum Gasteiger partial charge on any atom is 0.0468 e. The molecule has 3 heteroatoms. The molecule has 1 saturated heterocycles. The van der Waals surface area contributed by atoms with Crippen LogP contribution in [0.2, 0.25) is 10.0 Å².